The van der Waals surface area contributed by atoms with Crippen molar-refractivity contribution in [2.45, 2.75) is 65.2 Å². The molecule has 0 saturated carbocycles. The Morgan fingerprint density at radius 1 is 1.02 bits per heavy atom. The SMILES string of the molecule is C[C@H](O[Si](c1ccccc1)(c1ccccc1)C(C)(C)C)C1CN(C(=O)OC(C)(C)C)CC1COc1nc(Nc2cnn(C)c2)nc2[nH]cc(Cl)c12. The van der Waals surface area contributed by atoms with Crippen LogP contribution >= 0.6 is 11.6 Å². The van der Waals surface area contributed by atoms with E-state index in [-0.39, 0.29) is 35.7 Å². The van der Waals surface area contributed by atoms with E-state index >= 15 is 0 Å². The lowest BCUT2D eigenvalue weighted by Gasteiger charge is -2.46. The molecule has 51 heavy (non-hydrogen) atoms. The number of aryl methyl sites for hydroxylation is 1. The zero-order chi connectivity index (χ0) is 36.6. The Morgan fingerprint density at radius 2 is 1.67 bits per heavy atom. The van der Waals surface area contributed by atoms with E-state index in [9.17, 15) is 4.79 Å². The molecule has 3 atom stereocenters. The van der Waals surface area contributed by atoms with Crippen LogP contribution in [0.25, 0.3) is 11.0 Å². The molecule has 1 aliphatic rings. The molecule has 0 radical (unpaired) electrons. The number of nitrogens with one attached hydrogen (secondary N) is 2. The number of hydrogen-bond acceptors (Lipinski definition) is 8. The van der Waals surface area contributed by atoms with Crippen molar-refractivity contribution in [2.24, 2.45) is 18.9 Å². The smallest absolute Gasteiger partial charge is 0.410 e. The van der Waals surface area contributed by atoms with E-state index in [1.807, 2.05) is 46.1 Å². The number of aromatic amines is 1. The molecule has 0 spiro atoms. The van der Waals surface area contributed by atoms with Gasteiger partial charge < -0.3 is 29.1 Å². The molecule has 1 amide bonds. The van der Waals surface area contributed by atoms with E-state index < -0.39 is 13.9 Å². The zero-order valence-electron chi connectivity index (χ0n) is 30.6. The van der Waals surface area contributed by atoms with Crippen molar-refractivity contribution >= 4 is 59.1 Å². The predicted octanol–water partition coefficient (Wildman–Crippen LogP) is 6.92. The highest BCUT2D eigenvalue weighted by Crippen LogP contribution is 2.40. The molecule has 11 nitrogen and oxygen atoms in total. The maximum absolute atomic E-state index is 13.5. The highest BCUT2D eigenvalue weighted by atomic mass is 35.5. The molecule has 3 aromatic heterocycles. The summed E-state index contributed by atoms with van der Waals surface area (Å²) in [5.74, 6) is 0.493. The summed E-state index contributed by atoms with van der Waals surface area (Å²) < 4.78 is 21.7. The lowest BCUT2D eigenvalue weighted by atomic mass is 9.92. The largest absolute Gasteiger partial charge is 0.477 e. The van der Waals surface area contributed by atoms with E-state index in [1.54, 1.807) is 22.0 Å². The van der Waals surface area contributed by atoms with Crippen molar-refractivity contribution < 1.29 is 18.7 Å². The number of likely N-dealkylation sites (tertiary alicyclic amines) is 1. The monoisotopic (exact) mass is 729 g/mol. The maximum Gasteiger partial charge on any atom is 0.410 e. The van der Waals surface area contributed by atoms with Gasteiger partial charge in [-0.1, -0.05) is 93.0 Å². The first-order chi connectivity index (χ1) is 24.1. The zero-order valence-corrected chi connectivity index (χ0v) is 32.4. The van der Waals surface area contributed by atoms with Gasteiger partial charge in [-0.05, 0) is 43.1 Å². The molecule has 270 valence electrons. The van der Waals surface area contributed by atoms with E-state index in [2.05, 4.69) is 96.6 Å². The van der Waals surface area contributed by atoms with Crippen LogP contribution < -0.4 is 20.4 Å². The van der Waals surface area contributed by atoms with Gasteiger partial charge in [0.25, 0.3) is 8.32 Å². The van der Waals surface area contributed by atoms with Crippen LogP contribution in [0.3, 0.4) is 0 Å². The summed E-state index contributed by atoms with van der Waals surface area (Å²) >= 11 is 6.62. The number of rotatable bonds is 10. The van der Waals surface area contributed by atoms with Gasteiger partial charge in [0.2, 0.25) is 11.8 Å². The Hall–Kier alpha value is -4.39. The first-order valence-electron chi connectivity index (χ1n) is 17.3. The summed E-state index contributed by atoms with van der Waals surface area (Å²) in [4.78, 5) is 27.8. The first-order valence-corrected chi connectivity index (χ1v) is 19.6. The lowest BCUT2D eigenvalue weighted by Crippen LogP contribution is -2.68. The standard InChI is InChI=1S/C38H48ClN7O4Si/c1-25(50-51(38(5,6)7,28-15-11-9-12-16-28)29-17-13-10-14-18-29)30-23-46(36(47)49-37(2,3)4)21-26(30)24-48-34-32-31(39)20-40-33(32)43-35(44-34)42-27-19-41-45(8)22-27/h9-20,22,25-26,30H,21,23-24H2,1-8H3,(H2,40,42,43,44)/t25-,26?,30?/m0/s1. The minimum absolute atomic E-state index is 0.0776. The van der Waals surface area contributed by atoms with Crippen molar-refractivity contribution in [3.05, 3.63) is 84.3 Å². The highest BCUT2D eigenvalue weighted by Gasteiger charge is 2.53. The average Bonchev–Trinajstić information content (AvgIpc) is 3.80. The Balaban J connectivity index is 1.34. The number of anilines is 2. The number of aromatic nitrogens is 5. The summed E-state index contributed by atoms with van der Waals surface area (Å²) in [6.07, 6.45) is 4.59. The third-order valence-electron chi connectivity index (χ3n) is 9.37. The second kappa shape index (κ2) is 14.3. The molecule has 1 fully saturated rings. The van der Waals surface area contributed by atoms with Crippen LogP contribution in [0.1, 0.15) is 48.5 Å². The molecule has 5 aromatic rings. The van der Waals surface area contributed by atoms with Gasteiger partial charge in [-0.2, -0.15) is 15.1 Å². The van der Waals surface area contributed by atoms with E-state index in [0.717, 1.165) is 5.69 Å². The molecular formula is C38H48ClN7O4Si. The van der Waals surface area contributed by atoms with Crippen LogP contribution in [-0.4, -0.2) is 75.4 Å². The van der Waals surface area contributed by atoms with Crippen LogP contribution in [0.2, 0.25) is 10.1 Å². The van der Waals surface area contributed by atoms with Crippen LogP contribution in [-0.2, 0) is 16.2 Å². The fourth-order valence-corrected chi connectivity index (χ4v) is 12.0. The number of H-pyrrole nitrogens is 1. The summed E-state index contributed by atoms with van der Waals surface area (Å²) in [6, 6.07) is 21.2. The predicted molar refractivity (Wildman–Crippen MR) is 204 cm³/mol. The van der Waals surface area contributed by atoms with Gasteiger partial charge in [0.1, 0.15) is 11.2 Å². The van der Waals surface area contributed by atoms with E-state index in [4.69, 9.17) is 30.5 Å². The van der Waals surface area contributed by atoms with Crippen molar-refractivity contribution in [1.82, 2.24) is 29.6 Å². The number of ether oxygens (including phenoxy) is 2. The lowest BCUT2D eigenvalue weighted by molar-refractivity contribution is 0.0274. The van der Waals surface area contributed by atoms with Crippen molar-refractivity contribution in [3.8, 4) is 5.88 Å². The summed E-state index contributed by atoms with van der Waals surface area (Å²) in [5.41, 5.74) is 0.643. The fraction of sp³-hybridized carbons (Fsp3) is 0.421. The maximum atomic E-state index is 13.5. The number of nitrogens with zero attached hydrogens (tertiary/aromatic N) is 5. The molecule has 1 aliphatic heterocycles. The second-order valence-electron chi connectivity index (χ2n) is 15.3. The minimum atomic E-state index is -2.89. The number of benzene rings is 2. The van der Waals surface area contributed by atoms with Crippen molar-refractivity contribution in [3.63, 3.8) is 0 Å². The number of carbonyl (C=O) groups is 1. The number of carbonyl (C=O) groups excluding carboxylic acids is 1. The van der Waals surface area contributed by atoms with Crippen LogP contribution in [0, 0.1) is 11.8 Å². The average molecular weight is 730 g/mol. The Kier molecular flexibility index (Phi) is 10.2. The molecule has 1 saturated heterocycles. The summed E-state index contributed by atoms with van der Waals surface area (Å²) in [6.45, 7) is 15.7. The van der Waals surface area contributed by atoms with Crippen LogP contribution in [0.4, 0.5) is 16.4 Å². The third-order valence-corrected chi connectivity index (χ3v) is 14.8. The molecule has 0 aliphatic carbocycles. The van der Waals surface area contributed by atoms with E-state index in [1.165, 1.54) is 10.4 Å². The number of hydrogen-bond donors (Lipinski definition) is 2. The third kappa shape index (κ3) is 7.78. The molecular weight excluding hydrogens is 682 g/mol. The molecule has 2 unspecified atom stereocenters. The van der Waals surface area contributed by atoms with Crippen LogP contribution in [0.5, 0.6) is 5.88 Å². The topological polar surface area (TPSA) is 119 Å². The molecule has 13 heteroatoms. The van der Waals surface area contributed by atoms with Gasteiger partial charge in [-0.3, -0.25) is 4.68 Å². The van der Waals surface area contributed by atoms with Crippen molar-refractivity contribution in [1.29, 1.82) is 0 Å². The molecule has 2 N–H and O–H groups in total. The van der Waals surface area contributed by atoms with Crippen LogP contribution in [0.15, 0.2) is 79.3 Å². The van der Waals surface area contributed by atoms with Gasteiger partial charge in [-0.15, -0.1) is 0 Å². The highest BCUT2D eigenvalue weighted by molar-refractivity contribution is 6.99. The Labute approximate surface area is 305 Å². The normalized spacial score (nSPS) is 17.5. The summed E-state index contributed by atoms with van der Waals surface area (Å²) in [7, 11) is -1.06. The minimum Gasteiger partial charge on any atom is -0.477 e. The molecule has 4 heterocycles. The van der Waals surface area contributed by atoms with Gasteiger partial charge in [-0.25, -0.2) is 4.79 Å². The van der Waals surface area contributed by atoms with Gasteiger partial charge in [0, 0.05) is 50.5 Å². The fourth-order valence-electron chi connectivity index (χ4n) is 7.06. The molecule has 2 aromatic carbocycles. The van der Waals surface area contributed by atoms with Gasteiger partial charge in [0.05, 0.1) is 28.9 Å². The summed E-state index contributed by atoms with van der Waals surface area (Å²) in [5, 5.41) is 10.7. The van der Waals surface area contributed by atoms with Gasteiger partial charge in [0.15, 0.2) is 0 Å². The first kappa shape index (κ1) is 36.4. The van der Waals surface area contributed by atoms with E-state index in [0.29, 0.717) is 41.0 Å². The molecule has 6 rings (SSSR count). The second-order valence-corrected chi connectivity index (χ2v) is 20.0. The number of halogens is 1. The number of amides is 1. The number of fused-ring (bicyclic) bond motifs is 1. The van der Waals surface area contributed by atoms with Crippen molar-refractivity contribution in [2.75, 3.05) is 25.0 Å². The quantitative estimate of drug-likeness (QED) is 0.149. The van der Waals surface area contributed by atoms with Gasteiger partial charge >= 0.3 is 6.09 Å². The molecule has 0 bridgehead atoms. The Morgan fingerprint density at radius 3 is 2.24 bits per heavy atom. The Bertz CT molecular complexity index is 1920.